The van der Waals surface area contributed by atoms with Crippen molar-refractivity contribution in [3.63, 3.8) is 0 Å². The van der Waals surface area contributed by atoms with Crippen LogP contribution in [0.25, 0.3) is 0 Å². The molecule has 0 spiro atoms. The maximum Gasteiger partial charge on any atom is 0.201 e. The Morgan fingerprint density at radius 2 is 1.41 bits per heavy atom. The zero-order valence-corrected chi connectivity index (χ0v) is 16.3. The molecule has 3 heteroatoms. The molecule has 0 amide bonds. The van der Waals surface area contributed by atoms with Crippen LogP contribution in [0.5, 0.6) is 0 Å². The molecule has 0 saturated heterocycles. The number of hydrogen-bond donors (Lipinski definition) is 0. The Balaban J connectivity index is 2.73. The van der Waals surface area contributed by atoms with E-state index < -0.39 is 8.32 Å². The van der Waals surface area contributed by atoms with Crippen molar-refractivity contribution in [2.75, 3.05) is 0 Å². The number of hydrogen-bond acceptors (Lipinski definition) is 2. The third-order valence-corrected chi connectivity index (χ3v) is 10.7. The SMILES string of the molecule is CC(C)[Si](O[C@@H](C)C=NCc1ccccc1)(C(C)C)C(C)C. The van der Waals surface area contributed by atoms with Crippen LogP contribution >= 0.6 is 0 Å². The first-order chi connectivity index (χ1) is 10.3. The Kier molecular flexibility index (Phi) is 7.50. The summed E-state index contributed by atoms with van der Waals surface area (Å²) in [6.07, 6.45) is 2.07. The highest BCUT2D eigenvalue weighted by Gasteiger charge is 2.45. The van der Waals surface area contributed by atoms with Crippen molar-refractivity contribution in [1.29, 1.82) is 0 Å². The van der Waals surface area contributed by atoms with E-state index in [4.69, 9.17) is 4.43 Å². The third kappa shape index (κ3) is 4.78. The van der Waals surface area contributed by atoms with Crippen LogP contribution in [-0.4, -0.2) is 20.6 Å². The molecule has 1 rings (SSSR count). The van der Waals surface area contributed by atoms with Gasteiger partial charge in [0.2, 0.25) is 8.32 Å². The second-order valence-electron chi connectivity index (χ2n) is 7.12. The van der Waals surface area contributed by atoms with Crippen molar-refractivity contribution in [2.24, 2.45) is 4.99 Å². The molecule has 0 aliphatic rings. The van der Waals surface area contributed by atoms with Crippen LogP contribution in [0.4, 0.5) is 0 Å². The van der Waals surface area contributed by atoms with Gasteiger partial charge in [0, 0.05) is 6.21 Å². The second kappa shape index (κ2) is 8.63. The quantitative estimate of drug-likeness (QED) is 0.436. The van der Waals surface area contributed by atoms with Gasteiger partial charge < -0.3 is 4.43 Å². The summed E-state index contributed by atoms with van der Waals surface area (Å²) in [6.45, 7) is 16.8. The first-order valence-corrected chi connectivity index (χ1v) is 10.7. The van der Waals surface area contributed by atoms with Crippen LogP contribution in [0.1, 0.15) is 54.0 Å². The van der Waals surface area contributed by atoms with Gasteiger partial charge in [0.05, 0.1) is 12.6 Å². The molecule has 1 atom stereocenters. The summed E-state index contributed by atoms with van der Waals surface area (Å²) in [5, 5.41) is 0. The molecule has 22 heavy (non-hydrogen) atoms. The number of rotatable bonds is 8. The summed E-state index contributed by atoms with van der Waals surface area (Å²) in [4.78, 5) is 4.58. The molecule has 124 valence electrons. The molecule has 0 heterocycles. The summed E-state index contributed by atoms with van der Waals surface area (Å²) in [7, 11) is -1.81. The predicted molar refractivity (Wildman–Crippen MR) is 100 cm³/mol. The zero-order chi connectivity index (χ0) is 16.8. The molecule has 0 fully saturated rings. The van der Waals surface area contributed by atoms with Crippen molar-refractivity contribution in [3.8, 4) is 0 Å². The van der Waals surface area contributed by atoms with Gasteiger partial charge in [-0.15, -0.1) is 0 Å². The summed E-state index contributed by atoms with van der Waals surface area (Å²) in [6, 6.07) is 10.4. The number of benzene rings is 1. The maximum atomic E-state index is 6.65. The van der Waals surface area contributed by atoms with E-state index >= 15 is 0 Å². The van der Waals surface area contributed by atoms with E-state index in [0.29, 0.717) is 16.6 Å². The normalized spacial score (nSPS) is 14.5. The van der Waals surface area contributed by atoms with Gasteiger partial charge in [0.15, 0.2) is 0 Å². The van der Waals surface area contributed by atoms with Gasteiger partial charge in [-0.3, -0.25) is 4.99 Å². The van der Waals surface area contributed by atoms with Gasteiger partial charge in [-0.25, -0.2) is 0 Å². The van der Waals surface area contributed by atoms with E-state index in [0.717, 1.165) is 6.54 Å². The smallest absolute Gasteiger partial charge is 0.201 e. The molecule has 0 aliphatic heterocycles. The van der Waals surface area contributed by atoms with Crippen molar-refractivity contribution in [2.45, 2.75) is 77.7 Å². The Bertz CT molecular complexity index is 432. The average Bonchev–Trinajstić information content (AvgIpc) is 2.44. The van der Waals surface area contributed by atoms with Gasteiger partial charge >= 0.3 is 0 Å². The standard InChI is InChI=1S/C19H33NOSi/c1-15(2)22(16(3)4,17(5)6)21-18(7)13-20-14-19-11-9-8-10-12-19/h8-13,15-18H,14H2,1-7H3/t18-/m0/s1. The van der Waals surface area contributed by atoms with Crippen molar-refractivity contribution >= 4 is 14.5 Å². The molecule has 1 aromatic carbocycles. The lowest BCUT2D eigenvalue weighted by atomic mass is 10.2. The Morgan fingerprint density at radius 3 is 1.86 bits per heavy atom. The van der Waals surface area contributed by atoms with Gasteiger partial charge in [-0.1, -0.05) is 71.9 Å². The minimum atomic E-state index is -1.81. The van der Waals surface area contributed by atoms with Gasteiger partial charge in [0.1, 0.15) is 0 Å². The fraction of sp³-hybridized carbons (Fsp3) is 0.632. The summed E-state index contributed by atoms with van der Waals surface area (Å²) in [5.41, 5.74) is 3.07. The van der Waals surface area contributed by atoms with Gasteiger partial charge in [0.25, 0.3) is 0 Å². The molecule has 2 nitrogen and oxygen atoms in total. The largest absolute Gasteiger partial charge is 0.409 e. The van der Waals surface area contributed by atoms with Crippen molar-refractivity contribution < 1.29 is 4.43 Å². The summed E-state index contributed by atoms with van der Waals surface area (Å²) >= 11 is 0. The molecule has 0 bridgehead atoms. The van der Waals surface area contributed by atoms with E-state index in [2.05, 4.69) is 77.7 Å². The Morgan fingerprint density at radius 1 is 0.909 bits per heavy atom. The minimum absolute atomic E-state index is 0.0857. The van der Waals surface area contributed by atoms with Crippen LogP contribution < -0.4 is 0 Å². The molecule has 1 aromatic rings. The zero-order valence-electron chi connectivity index (χ0n) is 15.3. The molecular formula is C19H33NOSi. The highest BCUT2D eigenvalue weighted by Crippen LogP contribution is 2.42. The number of aliphatic imine (C=N–C) groups is 1. The van der Waals surface area contributed by atoms with E-state index in [1.54, 1.807) is 0 Å². The minimum Gasteiger partial charge on any atom is -0.409 e. The van der Waals surface area contributed by atoms with Crippen molar-refractivity contribution in [1.82, 2.24) is 0 Å². The highest BCUT2D eigenvalue weighted by atomic mass is 28.4. The van der Waals surface area contributed by atoms with E-state index in [1.807, 2.05) is 12.3 Å². The molecule has 0 N–H and O–H groups in total. The predicted octanol–water partition coefficient (Wildman–Crippen LogP) is 5.84. The fourth-order valence-corrected chi connectivity index (χ4v) is 9.17. The van der Waals surface area contributed by atoms with E-state index in [1.165, 1.54) is 5.56 Å². The van der Waals surface area contributed by atoms with Crippen molar-refractivity contribution in [3.05, 3.63) is 35.9 Å². The van der Waals surface area contributed by atoms with E-state index in [9.17, 15) is 0 Å². The van der Waals surface area contributed by atoms with Crippen LogP contribution in [0.3, 0.4) is 0 Å². The lowest BCUT2D eigenvalue weighted by molar-refractivity contribution is 0.253. The molecule has 0 aromatic heterocycles. The molecule has 0 aliphatic carbocycles. The maximum absolute atomic E-state index is 6.65. The lowest BCUT2D eigenvalue weighted by Crippen LogP contribution is -2.50. The van der Waals surface area contributed by atoms with Gasteiger partial charge in [-0.05, 0) is 29.1 Å². The first-order valence-electron chi connectivity index (χ1n) is 8.52. The van der Waals surface area contributed by atoms with Crippen LogP contribution in [0, 0.1) is 0 Å². The van der Waals surface area contributed by atoms with Gasteiger partial charge in [-0.2, -0.15) is 0 Å². The topological polar surface area (TPSA) is 21.6 Å². The molecule has 0 unspecified atom stereocenters. The molecular weight excluding hydrogens is 286 g/mol. The van der Waals surface area contributed by atoms with E-state index in [-0.39, 0.29) is 6.10 Å². The average molecular weight is 320 g/mol. The van der Waals surface area contributed by atoms with Crippen LogP contribution in [-0.2, 0) is 11.0 Å². The Hall–Kier alpha value is -0.933. The Labute approximate surface area is 138 Å². The first kappa shape index (κ1) is 19.1. The summed E-state index contributed by atoms with van der Waals surface area (Å²) < 4.78 is 6.65. The molecule has 0 radical (unpaired) electrons. The second-order valence-corrected chi connectivity index (χ2v) is 12.5. The monoisotopic (exact) mass is 319 g/mol. The fourth-order valence-electron chi connectivity index (χ4n) is 3.65. The number of nitrogens with zero attached hydrogens (tertiary/aromatic N) is 1. The highest BCUT2D eigenvalue weighted by molar-refractivity contribution is 6.77. The lowest BCUT2D eigenvalue weighted by Gasteiger charge is -2.43. The third-order valence-electron chi connectivity index (χ3n) is 4.53. The summed E-state index contributed by atoms with van der Waals surface area (Å²) in [5.74, 6) is 0. The van der Waals surface area contributed by atoms with Crippen LogP contribution in [0.2, 0.25) is 16.6 Å². The molecule has 0 saturated carbocycles. The van der Waals surface area contributed by atoms with Crippen LogP contribution in [0.15, 0.2) is 35.3 Å².